The molecule has 3 aromatic heterocycles. The zero-order valence-corrected chi connectivity index (χ0v) is 14.1. The number of hydrogen-bond acceptors (Lipinski definition) is 5. The molecule has 128 valence electrons. The van der Waals surface area contributed by atoms with E-state index in [-0.39, 0.29) is 24.8 Å². The van der Waals surface area contributed by atoms with Crippen LogP contribution in [0.3, 0.4) is 0 Å². The first-order chi connectivity index (χ1) is 12.1. The Morgan fingerprint density at radius 3 is 3.04 bits per heavy atom. The van der Waals surface area contributed by atoms with Crippen LogP contribution in [0.1, 0.15) is 21.7 Å². The van der Waals surface area contributed by atoms with Gasteiger partial charge in [0.1, 0.15) is 5.65 Å². The number of carbonyl (C=O) groups excluding carboxylic acids is 2. The predicted molar refractivity (Wildman–Crippen MR) is 93.7 cm³/mol. The van der Waals surface area contributed by atoms with E-state index in [2.05, 4.69) is 10.3 Å². The number of imidazole rings is 1. The Hall–Kier alpha value is -2.71. The van der Waals surface area contributed by atoms with E-state index < -0.39 is 6.10 Å². The summed E-state index contributed by atoms with van der Waals surface area (Å²) < 4.78 is 1.90. The van der Waals surface area contributed by atoms with Crippen molar-refractivity contribution >= 4 is 33.8 Å². The molecule has 1 atom stereocenters. The predicted octanol–water partition coefficient (Wildman–Crippen LogP) is 1.42. The second-order valence-electron chi connectivity index (χ2n) is 5.91. The van der Waals surface area contributed by atoms with Crippen LogP contribution in [0.2, 0.25) is 0 Å². The quantitative estimate of drug-likeness (QED) is 0.740. The Balaban J connectivity index is 1.42. The average Bonchev–Trinajstić information content (AvgIpc) is 3.31. The van der Waals surface area contributed by atoms with Crippen molar-refractivity contribution < 1.29 is 14.7 Å². The second-order valence-corrected chi connectivity index (χ2v) is 6.97. The van der Waals surface area contributed by atoms with Gasteiger partial charge in [-0.3, -0.25) is 9.59 Å². The van der Waals surface area contributed by atoms with E-state index in [0.717, 1.165) is 11.2 Å². The number of aliphatic hydroxyl groups is 1. The van der Waals surface area contributed by atoms with Gasteiger partial charge in [-0.25, -0.2) is 4.98 Å². The average molecular weight is 356 g/mol. The van der Waals surface area contributed by atoms with Crippen LogP contribution >= 0.6 is 11.3 Å². The summed E-state index contributed by atoms with van der Waals surface area (Å²) in [5.74, 6) is -0.305. The van der Waals surface area contributed by atoms with Gasteiger partial charge in [0, 0.05) is 25.1 Å². The minimum atomic E-state index is -0.635. The third-order valence-corrected chi connectivity index (χ3v) is 5.21. The number of amides is 2. The fourth-order valence-electron chi connectivity index (χ4n) is 2.83. The topological polar surface area (TPSA) is 86.9 Å². The molecule has 0 spiro atoms. The number of aromatic nitrogens is 2. The van der Waals surface area contributed by atoms with Gasteiger partial charge >= 0.3 is 0 Å². The SMILES string of the molecule is O=C(NCc1ccn2ccnc2c1)c1ccc(N2C[C@H](O)CC2=O)s1. The molecule has 0 unspecified atom stereocenters. The molecule has 4 heterocycles. The van der Waals surface area contributed by atoms with Crippen LogP contribution in [0.15, 0.2) is 42.9 Å². The molecule has 8 heteroatoms. The van der Waals surface area contributed by atoms with Crippen LogP contribution in [-0.4, -0.2) is 39.0 Å². The molecule has 0 aliphatic carbocycles. The summed E-state index contributed by atoms with van der Waals surface area (Å²) in [6.07, 6.45) is 4.99. The van der Waals surface area contributed by atoms with Crippen LogP contribution in [0.4, 0.5) is 5.00 Å². The summed E-state index contributed by atoms with van der Waals surface area (Å²) in [6.45, 7) is 0.682. The van der Waals surface area contributed by atoms with E-state index >= 15 is 0 Å². The van der Waals surface area contributed by atoms with Gasteiger partial charge in [-0.05, 0) is 29.8 Å². The summed E-state index contributed by atoms with van der Waals surface area (Å²) in [5.41, 5.74) is 1.79. The van der Waals surface area contributed by atoms with Gasteiger partial charge in [0.15, 0.2) is 0 Å². The molecule has 0 radical (unpaired) electrons. The molecule has 7 nitrogen and oxygen atoms in total. The first-order valence-corrected chi connectivity index (χ1v) is 8.70. The summed E-state index contributed by atoms with van der Waals surface area (Å²) in [7, 11) is 0. The number of rotatable bonds is 4. The lowest BCUT2D eigenvalue weighted by atomic mass is 10.2. The molecule has 2 amide bonds. The number of nitrogens with zero attached hydrogens (tertiary/aromatic N) is 3. The van der Waals surface area contributed by atoms with Crippen LogP contribution in [0.5, 0.6) is 0 Å². The van der Waals surface area contributed by atoms with E-state index in [1.165, 1.54) is 16.2 Å². The first kappa shape index (κ1) is 15.8. The summed E-state index contributed by atoms with van der Waals surface area (Å²) >= 11 is 1.25. The third-order valence-electron chi connectivity index (χ3n) is 4.10. The normalized spacial score (nSPS) is 17.4. The maximum absolute atomic E-state index is 12.3. The number of pyridine rings is 1. The first-order valence-electron chi connectivity index (χ1n) is 7.88. The van der Waals surface area contributed by atoms with Crippen LogP contribution in [-0.2, 0) is 11.3 Å². The standard InChI is InChI=1S/C17H16N4O3S/c22-12-8-15(23)21(10-12)16-2-1-13(25-16)17(24)19-9-11-3-5-20-6-4-18-14(20)7-11/h1-7,12,22H,8-10H2,(H,19,24)/t12-/m1/s1. The maximum atomic E-state index is 12.3. The van der Waals surface area contributed by atoms with Gasteiger partial charge in [0.2, 0.25) is 5.91 Å². The van der Waals surface area contributed by atoms with Crippen LogP contribution in [0.25, 0.3) is 5.65 Å². The van der Waals surface area contributed by atoms with Crippen molar-refractivity contribution in [3.8, 4) is 0 Å². The number of aliphatic hydroxyl groups excluding tert-OH is 1. The van der Waals surface area contributed by atoms with E-state index in [0.29, 0.717) is 16.4 Å². The molecule has 25 heavy (non-hydrogen) atoms. The van der Waals surface area contributed by atoms with Gasteiger partial charge in [-0.2, -0.15) is 0 Å². The second kappa shape index (κ2) is 6.30. The molecular weight excluding hydrogens is 340 g/mol. The maximum Gasteiger partial charge on any atom is 0.261 e. The van der Waals surface area contributed by atoms with Gasteiger partial charge in [0.25, 0.3) is 5.91 Å². The molecular formula is C17H16N4O3S. The number of β-amino-alcohol motifs (C(OH)–C–C–N with tert-alkyl or cyclic N) is 1. The lowest BCUT2D eigenvalue weighted by Gasteiger charge is -2.12. The fourth-order valence-corrected chi connectivity index (χ4v) is 3.78. The van der Waals surface area contributed by atoms with Gasteiger partial charge in [0.05, 0.1) is 28.9 Å². The monoisotopic (exact) mass is 356 g/mol. The molecule has 3 aromatic rings. The number of thiophene rings is 1. The highest BCUT2D eigenvalue weighted by Gasteiger charge is 2.30. The fraction of sp³-hybridized carbons (Fsp3) is 0.235. The van der Waals surface area contributed by atoms with Crippen molar-refractivity contribution in [1.29, 1.82) is 0 Å². The molecule has 1 fully saturated rings. The lowest BCUT2D eigenvalue weighted by Crippen LogP contribution is -2.24. The number of carbonyl (C=O) groups is 2. The zero-order chi connectivity index (χ0) is 17.4. The minimum absolute atomic E-state index is 0.116. The lowest BCUT2D eigenvalue weighted by molar-refractivity contribution is -0.117. The Morgan fingerprint density at radius 2 is 2.24 bits per heavy atom. The largest absolute Gasteiger partial charge is 0.391 e. The Morgan fingerprint density at radius 1 is 1.36 bits per heavy atom. The van der Waals surface area contributed by atoms with E-state index in [1.54, 1.807) is 18.3 Å². The molecule has 1 saturated heterocycles. The van der Waals surface area contributed by atoms with Crippen LogP contribution < -0.4 is 10.2 Å². The van der Waals surface area contributed by atoms with E-state index in [9.17, 15) is 14.7 Å². The number of nitrogens with one attached hydrogen (secondary N) is 1. The van der Waals surface area contributed by atoms with Crippen molar-refractivity contribution in [2.45, 2.75) is 19.1 Å². The molecule has 2 N–H and O–H groups in total. The molecule has 4 rings (SSSR count). The summed E-state index contributed by atoms with van der Waals surface area (Å²) in [4.78, 5) is 30.4. The smallest absolute Gasteiger partial charge is 0.261 e. The van der Waals surface area contributed by atoms with E-state index in [1.807, 2.05) is 28.9 Å². The van der Waals surface area contributed by atoms with Crippen molar-refractivity contribution in [2.24, 2.45) is 0 Å². The molecule has 1 aliphatic rings. The van der Waals surface area contributed by atoms with E-state index in [4.69, 9.17) is 0 Å². The van der Waals surface area contributed by atoms with Crippen molar-refractivity contribution in [3.63, 3.8) is 0 Å². The highest BCUT2D eigenvalue weighted by atomic mass is 32.1. The van der Waals surface area contributed by atoms with Crippen LogP contribution in [0, 0.1) is 0 Å². The minimum Gasteiger partial charge on any atom is -0.391 e. The molecule has 1 aliphatic heterocycles. The zero-order valence-electron chi connectivity index (χ0n) is 13.3. The van der Waals surface area contributed by atoms with Crippen molar-refractivity contribution in [2.75, 3.05) is 11.4 Å². The van der Waals surface area contributed by atoms with Gasteiger partial charge < -0.3 is 19.7 Å². The van der Waals surface area contributed by atoms with Gasteiger partial charge in [-0.15, -0.1) is 11.3 Å². The Kier molecular flexibility index (Phi) is 3.98. The van der Waals surface area contributed by atoms with Crippen molar-refractivity contribution in [1.82, 2.24) is 14.7 Å². The molecule has 0 saturated carbocycles. The Bertz CT molecular complexity index is 948. The highest BCUT2D eigenvalue weighted by Crippen LogP contribution is 2.29. The number of anilines is 1. The summed E-state index contributed by atoms with van der Waals surface area (Å²) in [5, 5.41) is 13.1. The third kappa shape index (κ3) is 3.13. The van der Waals surface area contributed by atoms with Crippen molar-refractivity contribution in [3.05, 3.63) is 53.3 Å². The Labute approximate surface area is 147 Å². The number of fused-ring (bicyclic) bond motifs is 1. The number of hydrogen-bond donors (Lipinski definition) is 2. The summed E-state index contributed by atoms with van der Waals surface area (Å²) in [6, 6.07) is 7.29. The molecule has 0 bridgehead atoms. The molecule has 0 aromatic carbocycles. The highest BCUT2D eigenvalue weighted by molar-refractivity contribution is 7.18. The van der Waals surface area contributed by atoms with Gasteiger partial charge in [-0.1, -0.05) is 0 Å².